The summed E-state index contributed by atoms with van der Waals surface area (Å²) in [6.45, 7) is 2.33. The van der Waals surface area contributed by atoms with Crippen LogP contribution in [0.15, 0.2) is 30.5 Å². The Morgan fingerprint density at radius 1 is 1.29 bits per heavy atom. The summed E-state index contributed by atoms with van der Waals surface area (Å²) in [7, 11) is 0. The molecule has 2 atom stereocenters. The fraction of sp³-hybridized carbons (Fsp3) is 0.417. The van der Waals surface area contributed by atoms with Crippen molar-refractivity contribution in [1.82, 2.24) is 10.3 Å². The Bertz CT molecular complexity index is 356. The van der Waals surface area contributed by atoms with E-state index in [-0.39, 0.29) is 0 Å². The summed E-state index contributed by atoms with van der Waals surface area (Å²) in [6, 6.07) is 6.15. The summed E-state index contributed by atoms with van der Waals surface area (Å²) < 4.78 is 0. The molecular weight excluding hydrogens is 172 g/mol. The molecule has 2 unspecified atom stereocenters. The van der Waals surface area contributed by atoms with Crippen LogP contribution in [-0.4, -0.2) is 18.1 Å². The van der Waals surface area contributed by atoms with Gasteiger partial charge in [0.05, 0.1) is 5.69 Å². The maximum absolute atomic E-state index is 4.40. The molecule has 2 heteroatoms. The van der Waals surface area contributed by atoms with E-state index in [9.17, 15) is 0 Å². The van der Waals surface area contributed by atoms with Crippen molar-refractivity contribution >= 4 is 5.57 Å². The Hall–Kier alpha value is -1.15. The molecule has 2 heterocycles. The first-order chi connectivity index (χ1) is 6.93. The highest BCUT2D eigenvalue weighted by molar-refractivity contribution is 5.65. The van der Waals surface area contributed by atoms with Gasteiger partial charge in [0, 0.05) is 12.7 Å². The molecule has 2 aliphatic rings. The molecule has 1 fully saturated rings. The van der Waals surface area contributed by atoms with Gasteiger partial charge in [-0.25, -0.2) is 0 Å². The average molecular weight is 186 g/mol. The van der Waals surface area contributed by atoms with Crippen molar-refractivity contribution in [3.63, 3.8) is 0 Å². The van der Waals surface area contributed by atoms with Crippen LogP contribution in [0.4, 0.5) is 0 Å². The third-order valence-corrected chi connectivity index (χ3v) is 3.28. The van der Waals surface area contributed by atoms with Gasteiger partial charge in [0.15, 0.2) is 0 Å². The Kier molecular flexibility index (Phi) is 1.88. The number of aromatic nitrogens is 1. The lowest BCUT2D eigenvalue weighted by molar-refractivity contribution is 0.536. The molecule has 1 aromatic heterocycles. The summed E-state index contributed by atoms with van der Waals surface area (Å²) in [5.74, 6) is 1.58. The molecule has 1 aromatic rings. The molecular formula is C12H14N2. The fourth-order valence-electron chi connectivity index (χ4n) is 2.52. The van der Waals surface area contributed by atoms with E-state index in [0.29, 0.717) is 0 Å². The van der Waals surface area contributed by atoms with Crippen LogP contribution in [0.2, 0.25) is 0 Å². The van der Waals surface area contributed by atoms with Crippen molar-refractivity contribution in [1.29, 1.82) is 0 Å². The van der Waals surface area contributed by atoms with E-state index in [4.69, 9.17) is 0 Å². The fourth-order valence-corrected chi connectivity index (χ4v) is 2.52. The molecule has 0 amide bonds. The van der Waals surface area contributed by atoms with Gasteiger partial charge < -0.3 is 5.32 Å². The average Bonchev–Trinajstić information content (AvgIpc) is 2.78. The number of hydrogen-bond donors (Lipinski definition) is 1. The summed E-state index contributed by atoms with van der Waals surface area (Å²) >= 11 is 0. The molecule has 1 saturated heterocycles. The summed E-state index contributed by atoms with van der Waals surface area (Å²) in [4.78, 5) is 4.40. The SMILES string of the molecule is C1=C(c2ccccn2)CC2CNCC12. The van der Waals surface area contributed by atoms with Crippen molar-refractivity contribution in [2.24, 2.45) is 11.8 Å². The second-order valence-corrected chi connectivity index (χ2v) is 4.19. The third kappa shape index (κ3) is 1.26. The first-order valence-corrected chi connectivity index (χ1v) is 5.26. The highest BCUT2D eigenvalue weighted by Gasteiger charge is 2.31. The van der Waals surface area contributed by atoms with Crippen molar-refractivity contribution in [2.45, 2.75) is 6.42 Å². The Morgan fingerprint density at radius 2 is 2.29 bits per heavy atom. The number of allylic oxidation sites excluding steroid dienone is 1. The first kappa shape index (κ1) is 8.18. The molecule has 1 N–H and O–H groups in total. The van der Waals surface area contributed by atoms with E-state index in [1.807, 2.05) is 12.3 Å². The molecule has 14 heavy (non-hydrogen) atoms. The predicted molar refractivity (Wildman–Crippen MR) is 56.7 cm³/mol. The number of rotatable bonds is 1. The van der Waals surface area contributed by atoms with Gasteiger partial charge in [0.25, 0.3) is 0 Å². The molecule has 3 rings (SSSR count). The summed E-state index contributed by atoms with van der Waals surface area (Å²) in [5.41, 5.74) is 2.61. The highest BCUT2D eigenvalue weighted by atomic mass is 14.9. The number of nitrogens with zero attached hydrogens (tertiary/aromatic N) is 1. The zero-order valence-electron chi connectivity index (χ0n) is 8.11. The molecule has 0 aromatic carbocycles. The largest absolute Gasteiger partial charge is 0.316 e. The molecule has 1 aliphatic carbocycles. The first-order valence-electron chi connectivity index (χ1n) is 5.26. The summed E-state index contributed by atoms with van der Waals surface area (Å²) in [5, 5.41) is 3.43. The second kappa shape index (κ2) is 3.21. The topological polar surface area (TPSA) is 24.9 Å². The number of hydrogen-bond acceptors (Lipinski definition) is 2. The van der Waals surface area contributed by atoms with Crippen LogP contribution in [0.1, 0.15) is 12.1 Å². The maximum Gasteiger partial charge on any atom is 0.0658 e. The standard InChI is InChI=1S/C12H14N2/c1-2-4-14-12(3-1)9-5-10-7-13-8-11(10)6-9/h1-5,10-11,13H,6-8H2. The normalized spacial score (nSPS) is 30.1. The minimum atomic E-state index is 0.756. The van der Waals surface area contributed by atoms with E-state index in [1.54, 1.807) is 0 Å². The van der Waals surface area contributed by atoms with Crippen LogP contribution in [0.5, 0.6) is 0 Å². The summed E-state index contributed by atoms with van der Waals surface area (Å²) in [6.07, 6.45) is 5.49. The molecule has 2 nitrogen and oxygen atoms in total. The van der Waals surface area contributed by atoms with Crippen molar-refractivity contribution in [2.75, 3.05) is 13.1 Å². The second-order valence-electron chi connectivity index (χ2n) is 4.19. The quantitative estimate of drug-likeness (QED) is 0.722. The lowest BCUT2D eigenvalue weighted by Crippen LogP contribution is -2.09. The Morgan fingerprint density at radius 3 is 3.07 bits per heavy atom. The van der Waals surface area contributed by atoms with Crippen LogP contribution in [0, 0.1) is 11.8 Å². The van der Waals surface area contributed by atoms with Gasteiger partial charge in [0.2, 0.25) is 0 Å². The van der Waals surface area contributed by atoms with Gasteiger partial charge in [-0.2, -0.15) is 0 Å². The zero-order chi connectivity index (χ0) is 9.38. The van der Waals surface area contributed by atoms with Crippen LogP contribution >= 0.6 is 0 Å². The number of fused-ring (bicyclic) bond motifs is 1. The lowest BCUT2D eigenvalue weighted by atomic mass is 9.99. The minimum Gasteiger partial charge on any atom is -0.316 e. The highest BCUT2D eigenvalue weighted by Crippen LogP contribution is 2.37. The van der Waals surface area contributed by atoms with Crippen LogP contribution in [0.25, 0.3) is 5.57 Å². The van der Waals surface area contributed by atoms with E-state index >= 15 is 0 Å². The van der Waals surface area contributed by atoms with Crippen LogP contribution in [0.3, 0.4) is 0 Å². The van der Waals surface area contributed by atoms with E-state index in [2.05, 4.69) is 28.5 Å². The molecule has 0 radical (unpaired) electrons. The smallest absolute Gasteiger partial charge is 0.0658 e. The Balaban J connectivity index is 1.88. The van der Waals surface area contributed by atoms with E-state index < -0.39 is 0 Å². The van der Waals surface area contributed by atoms with Crippen LogP contribution in [-0.2, 0) is 0 Å². The monoisotopic (exact) mass is 186 g/mol. The van der Waals surface area contributed by atoms with E-state index in [0.717, 1.165) is 18.4 Å². The maximum atomic E-state index is 4.40. The predicted octanol–water partition coefficient (Wildman–Crippen LogP) is 1.70. The van der Waals surface area contributed by atoms with Gasteiger partial charge in [-0.1, -0.05) is 12.1 Å². The third-order valence-electron chi connectivity index (χ3n) is 3.28. The van der Waals surface area contributed by atoms with Crippen molar-refractivity contribution < 1.29 is 0 Å². The Labute approximate surface area is 84.1 Å². The minimum absolute atomic E-state index is 0.756. The molecule has 0 spiro atoms. The molecule has 1 aliphatic heterocycles. The number of pyridine rings is 1. The van der Waals surface area contributed by atoms with Gasteiger partial charge >= 0.3 is 0 Å². The van der Waals surface area contributed by atoms with Crippen molar-refractivity contribution in [3.8, 4) is 0 Å². The van der Waals surface area contributed by atoms with Crippen LogP contribution < -0.4 is 5.32 Å². The van der Waals surface area contributed by atoms with Gasteiger partial charge in [-0.05, 0) is 42.5 Å². The molecule has 72 valence electrons. The zero-order valence-corrected chi connectivity index (χ0v) is 8.11. The van der Waals surface area contributed by atoms with Crippen molar-refractivity contribution in [3.05, 3.63) is 36.2 Å². The van der Waals surface area contributed by atoms with Gasteiger partial charge in [0.1, 0.15) is 0 Å². The molecule has 0 saturated carbocycles. The van der Waals surface area contributed by atoms with Gasteiger partial charge in [-0.15, -0.1) is 0 Å². The molecule has 0 bridgehead atoms. The van der Waals surface area contributed by atoms with E-state index in [1.165, 1.54) is 24.2 Å². The van der Waals surface area contributed by atoms with Gasteiger partial charge in [-0.3, -0.25) is 4.98 Å². The number of nitrogens with one attached hydrogen (secondary N) is 1. The lowest BCUT2D eigenvalue weighted by Gasteiger charge is -2.05.